The van der Waals surface area contributed by atoms with Crippen LogP contribution in [0.15, 0.2) is 59.0 Å². The zero-order valence-corrected chi connectivity index (χ0v) is 19.7. The molecule has 0 aliphatic rings. The van der Waals surface area contributed by atoms with Gasteiger partial charge >= 0.3 is 51.4 Å². The van der Waals surface area contributed by atoms with Crippen molar-refractivity contribution in [2.24, 2.45) is 0 Å². The number of nitrogens with zero attached hydrogens (tertiary/aromatic N) is 1. The van der Waals surface area contributed by atoms with Gasteiger partial charge in [-0.1, -0.05) is 18.2 Å². The van der Waals surface area contributed by atoms with E-state index in [1.165, 1.54) is 0 Å². The van der Waals surface area contributed by atoms with Gasteiger partial charge in [0.05, 0.1) is 6.61 Å². The van der Waals surface area contributed by atoms with Crippen LogP contribution in [-0.4, -0.2) is 17.6 Å². The van der Waals surface area contributed by atoms with Crippen LogP contribution < -0.4 is 61.2 Å². The number of carboxylic acid groups (broad SMARTS) is 1. The first-order valence-corrected chi connectivity index (χ1v) is 9.32. The van der Waals surface area contributed by atoms with Gasteiger partial charge in [0.2, 0.25) is 5.89 Å². The summed E-state index contributed by atoms with van der Waals surface area (Å²) in [6.45, 7) is 2.51. The van der Waals surface area contributed by atoms with Gasteiger partial charge in [-0.25, -0.2) is 4.98 Å². The Morgan fingerprint density at radius 2 is 1.83 bits per heavy atom. The van der Waals surface area contributed by atoms with Crippen molar-refractivity contribution in [3.63, 3.8) is 0 Å². The van der Waals surface area contributed by atoms with E-state index >= 15 is 0 Å². The maximum atomic E-state index is 10.4. The number of aliphatic carboxylic acids is 1. The van der Waals surface area contributed by atoms with E-state index in [0.717, 1.165) is 38.7 Å². The molecule has 0 amide bonds. The van der Waals surface area contributed by atoms with Crippen LogP contribution in [0.25, 0.3) is 33.3 Å². The maximum Gasteiger partial charge on any atom is 1.00 e. The normalized spacial score (nSPS) is 10.8. The Kier molecular flexibility index (Phi) is 7.48. The smallest absolute Gasteiger partial charge is 0.550 e. The molecule has 0 radical (unpaired) electrons. The van der Waals surface area contributed by atoms with E-state index in [1.54, 1.807) is 0 Å². The summed E-state index contributed by atoms with van der Waals surface area (Å²) in [7, 11) is 0. The van der Waals surface area contributed by atoms with Gasteiger partial charge in [-0.15, -0.1) is 0 Å². The van der Waals surface area contributed by atoms with Crippen molar-refractivity contribution in [2.75, 3.05) is 6.61 Å². The molecule has 0 unspecified atom stereocenters. The third-order valence-electron chi connectivity index (χ3n) is 4.65. The predicted molar refractivity (Wildman–Crippen MR) is 106 cm³/mol. The number of carbonyl (C=O) groups excluding carboxylic acids is 1. The van der Waals surface area contributed by atoms with Crippen LogP contribution in [0.4, 0.5) is 0 Å². The quantitative estimate of drug-likeness (QED) is 0.337. The minimum Gasteiger partial charge on any atom is -0.550 e. The van der Waals surface area contributed by atoms with E-state index in [9.17, 15) is 9.90 Å². The van der Waals surface area contributed by atoms with E-state index in [0.29, 0.717) is 25.3 Å². The Labute approximate surface area is 211 Å². The summed E-state index contributed by atoms with van der Waals surface area (Å²) < 4.78 is 11.6. The number of fused-ring (bicyclic) bond motifs is 2. The van der Waals surface area contributed by atoms with Crippen molar-refractivity contribution in [3.05, 3.63) is 60.2 Å². The summed E-state index contributed by atoms with van der Waals surface area (Å²) >= 11 is 0. The first kappa shape index (κ1) is 22.0. The summed E-state index contributed by atoms with van der Waals surface area (Å²) in [6, 6.07) is 17.9. The zero-order chi connectivity index (χ0) is 19.5. The van der Waals surface area contributed by atoms with Crippen LogP contribution in [-0.2, 0) is 4.79 Å². The third-order valence-corrected chi connectivity index (χ3v) is 4.65. The summed E-state index contributed by atoms with van der Waals surface area (Å²) in [5, 5.41) is 12.5. The molecular weight excluding hydrogens is 393 g/mol. The first-order chi connectivity index (χ1) is 13.6. The fourth-order valence-electron chi connectivity index (χ4n) is 3.16. The van der Waals surface area contributed by atoms with Crippen LogP contribution in [0.5, 0.6) is 5.75 Å². The molecule has 0 aliphatic carbocycles. The van der Waals surface area contributed by atoms with Gasteiger partial charge in [-0.2, -0.15) is 0 Å². The number of carbonyl (C=O) groups is 1. The second-order valence-electron chi connectivity index (χ2n) is 6.89. The second kappa shape index (κ2) is 9.87. The molecule has 0 saturated heterocycles. The molecule has 4 rings (SSSR count). The predicted octanol–water partition coefficient (Wildman–Crippen LogP) is 1.26. The number of rotatable bonds is 7. The van der Waals surface area contributed by atoms with Crippen molar-refractivity contribution < 1.29 is 70.4 Å². The second-order valence-corrected chi connectivity index (χ2v) is 6.89. The number of oxazole rings is 1. The number of aromatic nitrogens is 1. The Morgan fingerprint density at radius 3 is 2.66 bits per heavy atom. The number of carboxylic acids is 1. The van der Waals surface area contributed by atoms with Crippen molar-refractivity contribution in [1.29, 1.82) is 0 Å². The molecule has 0 aliphatic heterocycles. The van der Waals surface area contributed by atoms with E-state index < -0.39 is 5.97 Å². The van der Waals surface area contributed by atoms with Crippen molar-refractivity contribution in [3.8, 4) is 17.2 Å². The summed E-state index contributed by atoms with van der Waals surface area (Å²) in [4.78, 5) is 15.0. The average Bonchev–Trinajstić information content (AvgIpc) is 3.10. The van der Waals surface area contributed by atoms with Crippen LogP contribution in [0, 0.1) is 6.92 Å². The molecule has 29 heavy (non-hydrogen) atoms. The molecule has 4 aromatic rings. The Morgan fingerprint density at radius 1 is 1.03 bits per heavy atom. The number of ether oxygens (including phenoxy) is 1. The fraction of sp³-hybridized carbons (Fsp3) is 0.217. The van der Waals surface area contributed by atoms with E-state index in [4.69, 9.17) is 9.15 Å². The number of hydrogen-bond donors (Lipinski definition) is 0. The molecule has 1 heterocycles. The van der Waals surface area contributed by atoms with Crippen molar-refractivity contribution >= 4 is 27.8 Å². The molecule has 6 heteroatoms. The molecule has 5 nitrogen and oxygen atoms in total. The molecule has 1 aromatic heterocycles. The fourth-order valence-corrected chi connectivity index (χ4v) is 3.16. The average molecular weight is 414 g/mol. The minimum atomic E-state index is -1.02. The molecule has 0 atom stereocenters. The standard InChI is InChI=1S/C23H21NO4.K/c1-15-5-10-20-21(12-15)28-23(24-20)18-7-6-17-14-19(9-8-16(17)13-18)27-11-3-2-4-22(25)26;/h5-10,12-14H,2-4,11H2,1H3,(H,25,26);/q;+1/p-1. The van der Waals surface area contributed by atoms with Gasteiger partial charge in [0.25, 0.3) is 0 Å². The van der Waals surface area contributed by atoms with Crippen molar-refractivity contribution in [2.45, 2.75) is 26.2 Å². The molecule has 3 aromatic carbocycles. The molecule has 0 N–H and O–H groups in total. The molecule has 0 fully saturated rings. The van der Waals surface area contributed by atoms with E-state index in [2.05, 4.69) is 11.1 Å². The summed E-state index contributed by atoms with van der Waals surface area (Å²) in [5.74, 6) is 0.359. The van der Waals surface area contributed by atoms with Gasteiger partial charge < -0.3 is 19.1 Å². The Bertz CT molecular complexity index is 1150. The van der Waals surface area contributed by atoms with E-state index in [-0.39, 0.29) is 57.8 Å². The van der Waals surface area contributed by atoms with Crippen LogP contribution >= 0.6 is 0 Å². The number of hydrogen-bond acceptors (Lipinski definition) is 5. The molecule has 0 spiro atoms. The minimum absolute atomic E-state index is 0. The Hall–Kier alpha value is -1.70. The van der Waals surface area contributed by atoms with Crippen molar-refractivity contribution in [1.82, 2.24) is 4.98 Å². The topological polar surface area (TPSA) is 75.4 Å². The molecular formula is C23H20KNO4. The van der Waals surface area contributed by atoms with Gasteiger partial charge in [-0.05, 0) is 78.9 Å². The first-order valence-electron chi connectivity index (χ1n) is 9.32. The van der Waals surface area contributed by atoms with Gasteiger partial charge in [0.15, 0.2) is 5.58 Å². The van der Waals surface area contributed by atoms with Gasteiger partial charge in [0.1, 0.15) is 11.3 Å². The monoisotopic (exact) mass is 413 g/mol. The summed E-state index contributed by atoms with van der Waals surface area (Å²) in [6.07, 6.45) is 1.31. The van der Waals surface area contributed by atoms with Gasteiger partial charge in [0, 0.05) is 11.5 Å². The number of benzene rings is 3. The zero-order valence-electron chi connectivity index (χ0n) is 16.6. The SMILES string of the molecule is Cc1ccc2nc(-c3ccc4cc(OCCCCC(=O)[O-])ccc4c3)oc2c1.[K+]. The van der Waals surface area contributed by atoms with Crippen LogP contribution in [0.3, 0.4) is 0 Å². The molecule has 0 saturated carbocycles. The molecule has 142 valence electrons. The van der Waals surface area contributed by atoms with Crippen LogP contribution in [0.2, 0.25) is 0 Å². The molecule has 0 bridgehead atoms. The number of aryl methyl sites for hydroxylation is 1. The van der Waals surface area contributed by atoms with Crippen LogP contribution in [0.1, 0.15) is 24.8 Å². The number of unbranched alkanes of at least 4 members (excludes halogenated alkanes) is 1. The Balaban J connectivity index is 0.00000240. The van der Waals surface area contributed by atoms with Gasteiger partial charge in [-0.3, -0.25) is 0 Å². The van der Waals surface area contributed by atoms with E-state index in [1.807, 2.05) is 55.5 Å². The maximum absolute atomic E-state index is 10.4. The largest absolute Gasteiger partial charge is 1.00 e. The summed E-state index contributed by atoms with van der Waals surface area (Å²) in [5.41, 5.74) is 3.71. The third kappa shape index (κ3) is 5.46.